The van der Waals surface area contributed by atoms with Crippen LogP contribution in [0.3, 0.4) is 0 Å². The summed E-state index contributed by atoms with van der Waals surface area (Å²) in [5, 5.41) is 2.66. The summed E-state index contributed by atoms with van der Waals surface area (Å²) in [4.78, 5) is 11.6. The lowest BCUT2D eigenvalue weighted by Gasteiger charge is -2.18. The number of amides is 2. The Bertz CT molecular complexity index is 404. The van der Waals surface area contributed by atoms with Crippen molar-refractivity contribution < 1.29 is 4.79 Å². The fourth-order valence-electron chi connectivity index (χ4n) is 1.39. The molecule has 0 aliphatic carbocycles. The lowest BCUT2D eigenvalue weighted by molar-refractivity contribution is 0.251. The maximum Gasteiger partial charge on any atom is 0.332 e. The van der Waals surface area contributed by atoms with E-state index < -0.39 is 0 Å². The third-order valence-electron chi connectivity index (χ3n) is 2.17. The Morgan fingerprint density at radius 1 is 1.56 bits per heavy atom. The molecule has 1 N–H and O–H groups in total. The number of anilines is 1. The Morgan fingerprint density at radius 3 is 2.81 bits per heavy atom. The quantitative estimate of drug-likeness (QED) is 0.614. The Kier molecular flexibility index (Phi) is 4.43. The molecule has 1 rings (SSSR count). The van der Waals surface area contributed by atoms with Crippen LogP contribution in [0.1, 0.15) is 11.1 Å². The number of benzene rings is 1. The van der Waals surface area contributed by atoms with Crippen molar-refractivity contribution in [1.82, 2.24) is 5.32 Å². The monoisotopic (exact) mass is 236 g/mol. The second-order valence-corrected chi connectivity index (χ2v) is 3.98. The molecule has 0 radical (unpaired) electrons. The summed E-state index contributed by atoms with van der Waals surface area (Å²) in [6.45, 7) is 7.93. The molecule has 4 heteroatoms. The first kappa shape index (κ1) is 12.6. The summed E-state index contributed by atoms with van der Waals surface area (Å²) in [6.07, 6.45) is 1.63. The highest BCUT2D eigenvalue weighted by atomic mass is 32.1. The first-order valence-corrected chi connectivity index (χ1v) is 5.41. The molecule has 0 aliphatic heterocycles. The number of thiol groups is 1. The summed E-state index contributed by atoms with van der Waals surface area (Å²) >= 11 is 4.18. The predicted octanol–water partition coefficient (Wildman–Crippen LogP) is 2.85. The highest BCUT2D eigenvalue weighted by Gasteiger charge is 2.12. The van der Waals surface area contributed by atoms with E-state index in [0.717, 1.165) is 16.8 Å². The second kappa shape index (κ2) is 5.61. The third-order valence-corrected chi connectivity index (χ3v) is 2.57. The number of carbonyl (C=O) groups is 1. The van der Waals surface area contributed by atoms with Gasteiger partial charge in [0.15, 0.2) is 0 Å². The zero-order valence-corrected chi connectivity index (χ0v) is 10.4. The molecule has 0 atom stereocenters. The largest absolute Gasteiger partial charge is 0.334 e. The first-order valence-electron chi connectivity index (χ1n) is 5.01. The normalized spacial score (nSPS) is 9.69. The van der Waals surface area contributed by atoms with Crippen molar-refractivity contribution in [1.29, 1.82) is 0 Å². The number of nitrogens with zero attached hydrogens (tertiary/aromatic N) is 1. The minimum atomic E-state index is -0.254. The molecule has 0 heterocycles. The summed E-state index contributed by atoms with van der Waals surface area (Å²) < 4.78 is 1.30. The van der Waals surface area contributed by atoms with Gasteiger partial charge < -0.3 is 5.32 Å². The van der Waals surface area contributed by atoms with E-state index in [1.807, 2.05) is 32.0 Å². The zero-order valence-electron chi connectivity index (χ0n) is 9.53. The molecule has 3 nitrogen and oxygen atoms in total. The predicted molar refractivity (Wildman–Crippen MR) is 71.0 cm³/mol. The van der Waals surface area contributed by atoms with Crippen LogP contribution >= 0.6 is 12.8 Å². The molecule has 0 fully saturated rings. The van der Waals surface area contributed by atoms with Crippen molar-refractivity contribution in [3.05, 3.63) is 42.0 Å². The minimum Gasteiger partial charge on any atom is -0.334 e. The van der Waals surface area contributed by atoms with E-state index in [2.05, 4.69) is 24.7 Å². The van der Waals surface area contributed by atoms with Crippen molar-refractivity contribution in [2.24, 2.45) is 0 Å². The molecule has 0 spiro atoms. The van der Waals surface area contributed by atoms with E-state index in [1.165, 1.54) is 4.31 Å². The molecule has 0 unspecified atom stereocenters. The Labute approximate surface area is 102 Å². The van der Waals surface area contributed by atoms with Crippen LogP contribution in [0.4, 0.5) is 10.5 Å². The maximum absolute atomic E-state index is 11.6. The summed E-state index contributed by atoms with van der Waals surface area (Å²) in [5.74, 6) is 0. The number of hydrogen-bond donors (Lipinski definition) is 2. The number of nitrogens with one attached hydrogen (secondary N) is 1. The van der Waals surface area contributed by atoms with Crippen LogP contribution < -0.4 is 9.62 Å². The number of hydrogen-bond acceptors (Lipinski definition) is 2. The standard InChI is InChI=1S/C12H16N2OS/c1-4-7-13-12(15)14(16)11-6-5-9(2)8-10(11)3/h4-6,8,16H,1,7H2,2-3H3,(H,13,15). The van der Waals surface area contributed by atoms with Crippen LogP contribution in [-0.4, -0.2) is 12.6 Å². The van der Waals surface area contributed by atoms with Gasteiger partial charge in [0.05, 0.1) is 5.69 Å². The van der Waals surface area contributed by atoms with E-state index in [4.69, 9.17) is 0 Å². The van der Waals surface area contributed by atoms with Gasteiger partial charge in [-0.1, -0.05) is 36.6 Å². The lowest BCUT2D eigenvalue weighted by Crippen LogP contribution is -2.34. The van der Waals surface area contributed by atoms with Gasteiger partial charge in [-0.05, 0) is 25.5 Å². The highest BCUT2D eigenvalue weighted by Crippen LogP contribution is 2.22. The smallest absolute Gasteiger partial charge is 0.332 e. The van der Waals surface area contributed by atoms with E-state index >= 15 is 0 Å². The van der Waals surface area contributed by atoms with Gasteiger partial charge in [0.25, 0.3) is 0 Å². The first-order chi connectivity index (χ1) is 7.56. The Hall–Kier alpha value is -1.42. The fourth-order valence-corrected chi connectivity index (χ4v) is 1.68. The van der Waals surface area contributed by atoms with Gasteiger partial charge in [-0.25, -0.2) is 9.10 Å². The van der Waals surface area contributed by atoms with Crippen LogP contribution in [-0.2, 0) is 0 Å². The molecular formula is C12H16N2OS. The molecule has 1 aromatic carbocycles. The molecule has 0 aromatic heterocycles. The van der Waals surface area contributed by atoms with Crippen molar-refractivity contribution in [2.75, 3.05) is 10.8 Å². The van der Waals surface area contributed by atoms with Crippen LogP contribution in [0, 0.1) is 13.8 Å². The maximum atomic E-state index is 11.6. The molecule has 2 amide bonds. The third kappa shape index (κ3) is 3.03. The van der Waals surface area contributed by atoms with Crippen LogP contribution in [0.2, 0.25) is 0 Å². The van der Waals surface area contributed by atoms with E-state index in [0.29, 0.717) is 6.54 Å². The Morgan fingerprint density at radius 2 is 2.25 bits per heavy atom. The summed E-state index contributed by atoms with van der Waals surface area (Å²) in [6, 6.07) is 5.59. The lowest BCUT2D eigenvalue weighted by atomic mass is 10.1. The molecule has 86 valence electrons. The van der Waals surface area contributed by atoms with Crippen LogP contribution in [0.15, 0.2) is 30.9 Å². The zero-order chi connectivity index (χ0) is 12.1. The number of aryl methyl sites for hydroxylation is 2. The second-order valence-electron chi connectivity index (χ2n) is 3.58. The molecule has 0 saturated carbocycles. The minimum absolute atomic E-state index is 0.254. The molecular weight excluding hydrogens is 220 g/mol. The molecule has 16 heavy (non-hydrogen) atoms. The number of urea groups is 1. The average molecular weight is 236 g/mol. The van der Waals surface area contributed by atoms with Crippen molar-refractivity contribution in [3.63, 3.8) is 0 Å². The Balaban J connectivity index is 2.83. The van der Waals surface area contributed by atoms with Crippen LogP contribution in [0.5, 0.6) is 0 Å². The van der Waals surface area contributed by atoms with Crippen molar-refractivity contribution in [3.8, 4) is 0 Å². The van der Waals surface area contributed by atoms with Gasteiger partial charge in [-0.2, -0.15) is 0 Å². The fraction of sp³-hybridized carbons (Fsp3) is 0.250. The van der Waals surface area contributed by atoms with E-state index in [9.17, 15) is 4.79 Å². The van der Waals surface area contributed by atoms with Gasteiger partial charge in [0.1, 0.15) is 0 Å². The van der Waals surface area contributed by atoms with Gasteiger partial charge >= 0.3 is 6.03 Å². The molecule has 1 aromatic rings. The SMILES string of the molecule is C=CCNC(=O)N(S)c1ccc(C)cc1C. The molecule has 0 saturated heterocycles. The molecule has 0 bridgehead atoms. The van der Waals surface area contributed by atoms with Crippen LogP contribution in [0.25, 0.3) is 0 Å². The average Bonchev–Trinajstić information content (AvgIpc) is 2.25. The van der Waals surface area contributed by atoms with E-state index in [-0.39, 0.29) is 6.03 Å². The number of rotatable bonds is 3. The summed E-state index contributed by atoms with van der Waals surface area (Å²) in [7, 11) is 0. The topological polar surface area (TPSA) is 32.3 Å². The van der Waals surface area contributed by atoms with E-state index in [1.54, 1.807) is 6.08 Å². The van der Waals surface area contributed by atoms with Gasteiger partial charge in [0.2, 0.25) is 0 Å². The van der Waals surface area contributed by atoms with Crippen molar-refractivity contribution in [2.45, 2.75) is 13.8 Å². The molecule has 0 aliphatic rings. The number of carbonyl (C=O) groups excluding carboxylic acids is 1. The highest BCUT2D eigenvalue weighted by molar-refractivity contribution is 7.82. The van der Waals surface area contributed by atoms with Crippen molar-refractivity contribution >= 4 is 24.5 Å². The van der Waals surface area contributed by atoms with Gasteiger partial charge in [0, 0.05) is 6.54 Å². The summed E-state index contributed by atoms with van der Waals surface area (Å²) in [5.41, 5.74) is 2.97. The van der Waals surface area contributed by atoms with Gasteiger partial charge in [-0.15, -0.1) is 6.58 Å². The van der Waals surface area contributed by atoms with Gasteiger partial charge in [-0.3, -0.25) is 0 Å².